The van der Waals surface area contributed by atoms with Crippen molar-refractivity contribution in [2.24, 2.45) is 0 Å². The van der Waals surface area contributed by atoms with E-state index in [1.807, 2.05) is 0 Å². The fourth-order valence-corrected chi connectivity index (χ4v) is 2.38. The lowest BCUT2D eigenvalue weighted by atomic mass is 10.2. The Labute approximate surface area is 103 Å². The van der Waals surface area contributed by atoms with Crippen molar-refractivity contribution in [3.8, 4) is 0 Å². The molecule has 82 valence electrons. The first-order valence-corrected chi connectivity index (χ1v) is 5.84. The molecular weight excluding hydrogens is 294 g/mol. The van der Waals surface area contributed by atoms with Gasteiger partial charge in [0.2, 0.25) is 0 Å². The number of nitrogens with zero attached hydrogens (tertiary/aromatic N) is 2. The van der Waals surface area contributed by atoms with Gasteiger partial charge in [-0.15, -0.1) is 0 Å². The third-order valence-corrected chi connectivity index (χ3v) is 3.66. The Morgan fingerprint density at radius 1 is 1.50 bits per heavy atom. The van der Waals surface area contributed by atoms with Crippen molar-refractivity contribution in [1.82, 2.24) is 15.2 Å². The average Bonchev–Trinajstić information content (AvgIpc) is 2.73. The molecule has 2 N–H and O–H groups in total. The van der Waals surface area contributed by atoms with E-state index in [2.05, 4.69) is 31.1 Å². The normalized spacial score (nSPS) is 10.3. The summed E-state index contributed by atoms with van der Waals surface area (Å²) in [6, 6.07) is 4.83. The maximum absolute atomic E-state index is 10.7. The lowest BCUT2D eigenvalue weighted by molar-refractivity contribution is 0.0696. The zero-order valence-electron chi connectivity index (χ0n) is 7.85. The second-order valence-electron chi connectivity index (χ2n) is 2.84. The van der Waals surface area contributed by atoms with E-state index in [9.17, 15) is 4.79 Å². The number of hydrogen-bond donors (Lipinski definition) is 2. The monoisotopic (exact) mass is 299 g/mol. The van der Waals surface area contributed by atoms with Crippen LogP contribution in [-0.4, -0.2) is 26.3 Å². The molecule has 0 saturated carbocycles. The van der Waals surface area contributed by atoms with Gasteiger partial charge in [0.15, 0.2) is 5.16 Å². The Hall–Kier alpha value is -1.34. The van der Waals surface area contributed by atoms with Crippen molar-refractivity contribution in [2.75, 3.05) is 0 Å². The van der Waals surface area contributed by atoms with Gasteiger partial charge >= 0.3 is 5.97 Å². The molecule has 1 heterocycles. The molecule has 1 aromatic heterocycles. The first-order valence-electron chi connectivity index (χ1n) is 4.23. The van der Waals surface area contributed by atoms with Crippen molar-refractivity contribution in [2.45, 2.75) is 10.1 Å². The van der Waals surface area contributed by atoms with Crippen molar-refractivity contribution in [3.05, 3.63) is 34.6 Å². The van der Waals surface area contributed by atoms with Crippen molar-refractivity contribution >= 4 is 33.7 Å². The second-order valence-corrected chi connectivity index (χ2v) is 4.73. The molecule has 16 heavy (non-hydrogen) atoms. The maximum Gasteiger partial charge on any atom is 0.335 e. The number of benzene rings is 1. The number of halogens is 1. The molecule has 0 aliphatic rings. The minimum Gasteiger partial charge on any atom is -0.478 e. The fourth-order valence-electron chi connectivity index (χ4n) is 1.06. The zero-order chi connectivity index (χ0) is 11.5. The molecule has 0 saturated heterocycles. The summed E-state index contributed by atoms with van der Waals surface area (Å²) in [5.74, 6) is -0.947. The molecule has 0 radical (unpaired) electrons. The Bertz CT molecular complexity index is 515. The van der Waals surface area contributed by atoms with E-state index in [0.29, 0.717) is 9.63 Å². The molecule has 2 rings (SSSR count). The Balaban J connectivity index is 2.26. The summed E-state index contributed by atoms with van der Waals surface area (Å²) in [6.45, 7) is 0. The van der Waals surface area contributed by atoms with Crippen LogP contribution in [0.25, 0.3) is 0 Å². The molecular formula is C9H6BrN3O2S. The van der Waals surface area contributed by atoms with Gasteiger partial charge in [-0.3, -0.25) is 5.10 Å². The summed E-state index contributed by atoms with van der Waals surface area (Å²) < 4.78 is 0.716. The Morgan fingerprint density at radius 3 is 2.88 bits per heavy atom. The number of hydrogen-bond acceptors (Lipinski definition) is 4. The highest BCUT2D eigenvalue weighted by Crippen LogP contribution is 2.31. The van der Waals surface area contributed by atoms with Crippen LogP contribution in [0, 0.1) is 0 Å². The molecule has 2 aromatic rings. The van der Waals surface area contributed by atoms with Gasteiger partial charge in [-0.05, 0) is 45.9 Å². The van der Waals surface area contributed by atoms with Crippen molar-refractivity contribution in [3.63, 3.8) is 0 Å². The third-order valence-electron chi connectivity index (χ3n) is 1.78. The predicted octanol–water partition coefficient (Wildman–Crippen LogP) is 2.42. The number of aromatic amines is 1. The molecule has 7 heteroatoms. The number of rotatable bonds is 3. The van der Waals surface area contributed by atoms with Crippen LogP contribution in [0.2, 0.25) is 0 Å². The largest absolute Gasteiger partial charge is 0.478 e. The molecule has 0 bridgehead atoms. The van der Waals surface area contributed by atoms with Crippen molar-refractivity contribution < 1.29 is 9.90 Å². The van der Waals surface area contributed by atoms with Crippen LogP contribution in [0.4, 0.5) is 0 Å². The first kappa shape index (κ1) is 11.2. The van der Waals surface area contributed by atoms with Gasteiger partial charge in [0.25, 0.3) is 0 Å². The first-order chi connectivity index (χ1) is 7.66. The number of carbonyl (C=O) groups is 1. The topological polar surface area (TPSA) is 78.9 Å². The molecule has 5 nitrogen and oxygen atoms in total. The van der Waals surface area contributed by atoms with Gasteiger partial charge in [-0.25, -0.2) is 9.78 Å². The molecule has 0 spiro atoms. The number of aromatic carboxylic acids is 1. The van der Waals surface area contributed by atoms with Crippen LogP contribution in [-0.2, 0) is 0 Å². The Kier molecular flexibility index (Phi) is 3.25. The van der Waals surface area contributed by atoms with Crippen LogP contribution < -0.4 is 0 Å². The molecule has 0 unspecified atom stereocenters. The van der Waals surface area contributed by atoms with Crippen LogP contribution in [0.5, 0.6) is 0 Å². The van der Waals surface area contributed by atoms with Crippen molar-refractivity contribution in [1.29, 1.82) is 0 Å². The van der Waals surface area contributed by atoms with Gasteiger partial charge in [0.1, 0.15) is 6.33 Å². The lowest BCUT2D eigenvalue weighted by Gasteiger charge is -2.02. The van der Waals surface area contributed by atoms with Crippen LogP contribution in [0.15, 0.2) is 39.1 Å². The summed E-state index contributed by atoms with van der Waals surface area (Å²) in [7, 11) is 0. The maximum atomic E-state index is 10.7. The highest BCUT2D eigenvalue weighted by atomic mass is 79.9. The third kappa shape index (κ3) is 2.42. The standard InChI is InChI=1S/C9H6BrN3O2S/c10-6-3-5(8(14)15)1-2-7(6)16-9-11-4-12-13-9/h1-4H,(H,14,15)(H,11,12,13). The highest BCUT2D eigenvalue weighted by molar-refractivity contribution is 9.10. The van der Waals surface area contributed by atoms with E-state index in [1.165, 1.54) is 18.1 Å². The molecule has 1 aromatic carbocycles. The van der Waals surface area contributed by atoms with Gasteiger partial charge in [0.05, 0.1) is 5.56 Å². The molecule has 0 aliphatic carbocycles. The van der Waals surface area contributed by atoms with Crippen LogP contribution in [0.1, 0.15) is 10.4 Å². The number of carboxylic acids is 1. The quantitative estimate of drug-likeness (QED) is 0.910. The molecule has 0 atom stereocenters. The predicted molar refractivity (Wildman–Crippen MR) is 61.6 cm³/mol. The SMILES string of the molecule is O=C(O)c1ccc(Sc2ncn[nH]2)c(Br)c1. The summed E-state index contributed by atoms with van der Waals surface area (Å²) in [6.07, 6.45) is 1.42. The summed E-state index contributed by atoms with van der Waals surface area (Å²) in [4.78, 5) is 15.6. The van der Waals surface area contributed by atoms with Crippen LogP contribution in [0.3, 0.4) is 0 Å². The number of aromatic nitrogens is 3. The van der Waals surface area contributed by atoms with Gasteiger partial charge in [-0.1, -0.05) is 0 Å². The number of nitrogens with one attached hydrogen (secondary N) is 1. The fraction of sp³-hybridized carbons (Fsp3) is 0. The molecule has 0 fully saturated rings. The average molecular weight is 300 g/mol. The molecule has 0 aliphatic heterocycles. The van der Waals surface area contributed by atoms with Gasteiger partial charge < -0.3 is 5.11 Å². The zero-order valence-corrected chi connectivity index (χ0v) is 10.2. The van der Waals surface area contributed by atoms with E-state index in [1.54, 1.807) is 18.2 Å². The summed E-state index contributed by atoms with van der Waals surface area (Å²) >= 11 is 4.69. The van der Waals surface area contributed by atoms with Gasteiger partial charge in [0, 0.05) is 9.37 Å². The Morgan fingerprint density at radius 2 is 2.31 bits per heavy atom. The smallest absolute Gasteiger partial charge is 0.335 e. The molecule has 0 amide bonds. The lowest BCUT2D eigenvalue weighted by Crippen LogP contribution is -1.95. The summed E-state index contributed by atoms with van der Waals surface area (Å²) in [5, 5.41) is 15.9. The van der Waals surface area contributed by atoms with E-state index in [-0.39, 0.29) is 5.56 Å². The van der Waals surface area contributed by atoms with Gasteiger partial charge in [-0.2, -0.15) is 5.10 Å². The van der Waals surface area contributed by atoms with E-state index < -0.39 is 5.97 Å². The minimum atomic E-state index is -0.947. The van der Waals surface area contributed by atoms with E-state index in [4.69, 9.17) is 5.11 Å². The van der Waals surface area contributed by atoms with E-state index in [0.717, 1.165) is 4.90 Å². The minimum absolute atomic E-state index is 0.244. The second kappa shape index (κ2) is 4.67. The van der Waals surface area contributed by atoms with E-state index >= 15 is 0 Å². The van der Waals surface area contributed by atoms with Crippen LogP contribution >= 0.6 is 27.7 Å². The highest BCUT2D eigenvalue weighted by Gasteiger charge is 2.08. The summed E-state index contributed by atoms with van der Waals surface area (Å²) in [5.41, 5.74) is 0.244. The number of H-pyrrole nitrogens is 1. The number of carboxylic acid groups (broad SMARTS) is 1.